The van der Waals surface area contributed by atoms with E-state index >= 15 is 0 Å². The minimum atomic E-state index is -0.277. The van der Waals surface area contributed by atoms with Crippen LogP contribution in [0.4, 0.5) is 0 Å². The minimum absolute atomic E-state index is 0.104. The Morgan fingerprint density at radius 2 is 1.72 bits per heavy atom. The maximum absolute atomic E-state index is 13.1. The predicted octanol–water partition coefficient (Wildman–Crippen LogP) is 1.84. The number of piperazine rings is 1. The van der Waals surface area contributed by atoms with Crippen molar-refractivity contribution < 1.29 is 4.79 Å². The highest BCUT2D eigenvalue weighted by Gasteiger charge is 2.24. The van der Waals surface area contributed by atoms with Crippen molar-refractivity contribution in [1.29, 1.82) is 0 Å². The summed E-state index contributed by atoms with van der Waals surface area (Å²) in [5.41, 5.74) is 1.49. The fourth-order valence-corrected chi connectivity index (χ4v) is 3.97. The summed E-state index contributed by atoms with van der Waals surface area (Å²) < 4.78 is 1.53. The first-order valence-electron chi connectivity index (χ1n) is 10.9. The van der Waals surface area contributed by atoms with Gasteiger partial charge in [-0.15, -0.1) is 0 Å². The molecule has 1 saturated heterocycles. The van der Waals surface area contributed by atoms with Gasteiger partial charge >= 0.3 is 0 Å². The van der Waals surface area contributed by atoms with Crippen LogP contribution in [0.2, 0.25) is 0 Å². The molecule has 8 nitrogen and oxygen atoms in total. The lowest BCUT2D eigenvalue weighted by molar-refractivity contribution is 0.0633. The monoisotopic (exact) mass is 435 g/mol. The Hall–Kier alpha value is -3.26. The van der Waals surface area contributed by atoms with E-state index in [4.69, 9.17) is 0 Å². The van der Waals surface area contributed by atoms with Crippen LogP contribution in [0.5, 0.6) is 0 Å². The molecular formula is C24H29N5O3. The number of amides is 1. The van der Waals surface area contributed by atoms with E-state index in [1.54, 1.807) is 23.1 Å². The van der Waals surface area contributed by atoms with Crippen molar-refractivity contribution in [2.24, 2.45) is 0 Å². The lowest BCUT2D eigenvalue weighted by Gasteiger charge is -2.35. The maximum Gasteiger partial charge on any atom is 0.266 e. The van der Waals surface area contributed by atoms with E-state index in [9.17, 15) is 14.4 Å². The zero-order chi connectivity index (χ0) is 22.9. The Balaban J connectivity index is 1.40. The smallest absolute Gasteiger partial charge is 0.266 e. The molecule has 2 aromatic heterocycles. The fourth-order valence-electron chi connectivity index (χ4n) is 3.97. The molecule has 0 spiro atoms. The molecule has 1 N–H and O–H groups in total. The molecule has 0 aliphatic carbocycles. The second kappa shape index (κ2) is 8.70. The average Bonchev–Trinajstić information content (AvgIpc) is 2.77. The van der Waals surface area contributed by atoms with E-state index in [0.29, 0.717) is 50.3 Å². The molecule has 1 aliphatic rings. The maximum atomic E-state index is 13.1. The number of H-pyrrole nitrogens is 1. The molecule has 168 valence electrons. The minimum Gasteiger partial charge on any atom is -0.336 e. The third-order valence-corrected chi connectivity index (χ3v) is 5.90. The summed E-state index contributed by atoms with van der Waals surface area (Å²) in [7, 11) is 0. The summed E-state index contributed by atoms with van der Waals surface area (Å²) in [5, 5.41) is 5.28. The highest BCUT2D eigenvalue weighted by atomic mass is 16.2. The number of benzene rings is 1. The molecule has 0 unspecified atom stereocenters. The largest absolute Gasteiger partial charge is 0.336 e. The number of carbonyl (C=O) groups is 1. The number of hydrogen-bond acceptors (Lipinski definition) is 5. The topological polar surface area (TPSA) is 91.3 Å². The van der Waals surface area contributed by atoms with Crippen molar-refractivity contribution in [3.8, 4) is 0 Å². The van der Waals surface area contributed by atoms with Gasteiger partial charge in [-0.1, -0.05) is 39.0 Å². The molecule has 0 atom stereocenters. The number of aromatic amines is 1. The van der Waals surface area contributed by atoms with Crippen LogP contribution in [0.25, 0.3) is 10.9 Å². The molecule has 1 aromatic carbocycles. The van der Waals surface area contributed by atoms with Crippen LogP contribution in [-0.2, 0) is 12.0 Å². The summed E-state index contributed by atoms with van der Waals surface area (Å²) in [5.74, 6) is -0.122. The van der Waals surface area contributed by atoms with Crippen molar-refractivity contribution in [2.45, 2.75) is 32.7 Å². The molecule has 0 saturated carbocycles. The lowest BCUT2D eigenvalue weighted by Crippen LogP contribution is -2.49. The van der Waals surface area contributed by atoms with Crippen LogP contribution in [0.15, 0.2) is 52.1 Å². The van der Waals surface area contributed by atoms with Crippen LogP contribution >= 0.6 is 0 Å². The summed E-state index contributed by atoms with van der Waals surface area (Å²) >= 11 is 0. The highest BCUT2D eigenvalue weighted by Crippen LogP contribution is 2.19. The van der Waals surface area contributed by atoms with Gasteiger partial charge in [0.1, 0.15) is 0 Å². The number of aromatic nitrogens is 3. The Bertz CT molecular complexity index is 1250. The van der Waals surface area contributed by atoms with Gasteiger partial charge in [0, 0.05) is 61.2 Å². The molecule has 32 heavy (non-hydrogen) atoms. The van der Waals surface area contributed by atoms with Crippen LogP contribution in [0, 0.1) is 0 Å². The molecule has 1 fully saturated rings. The first kappa shape index (κ1) is 22.0. The van der Waals surface area contributed by atoms with E-state index in [1.807, 2.05) is 18.2 Å². The molecule has 0 radical (unpaired) electrons. The van der Waals surface area contributed by atoms with E-state index < -0.39 is 0 Å². The first-order valence-corrected chi connectivity index (χ1v) is 10.9. The number of fused-ring (bicyclic) bond motifs is 1. The summed E-state index contributed by atoms with van der Waals surface area (Å²) in [4.78, 5) is 44.1. The normalized spacial score (nSPS) is 15.3. The number of carbonyl (C=O) groups excluding carboxylic acids is 1. The van der Waals surface area contributed by atoms with Gasteiger partial charge in [0.2, 0.25) is 5.56 Å². The van der Waals surface area contributed by atoms with E-state index in [2.05, 4.69) is 35.8 Å². The molecule has 1 aliphatic heterocycles. The number of para-hydroxylation sites is 1. The standard InChI is InChI=1S/C24H29N5O3/c1-24(2,3)20-8-9-22(31)29(26-20)15-12-27-10-13-28(14-11-27)23(32)18-16-21(30)25-19-7-5-4-6-17(18)19/h4-9,16H,10-15H2,1-3H3,(H,25,30). The lowest BCUT2D eigenvalue weighted by atomic mass is 9.92. The molecule has 4 rings (SSSR count). The summed E-state index contributed by atoms with van der Waals surface area (Å²) in [6.07, 6.45) is 0. The Morgan fingerprint density at radius 3 is 2.44 bits per heavy atom. The Kier molecular flexibility index (Phi) is 5.97. The molecule has 3 heterocycles. The van der Waals surface area contributed by atoms with Crippen LogP contribution in [-0.4, -0.2) is 63.2 Å². The average molecular weight is 436 g/mol. The van der Waals surface area contributed by atoms with Crippen LogP contribution < -0.4 is 11.1 Å². The van der Waals surface area contributed by atoms with Gasteiger partial charge in [0.15, 0.2) is 0 Å². The number of hydrogen-bond donors (Lipinski definition) is 1. The van der Waals surface area contributed by atoms with Crippen molar-refractivity contribution >= 4 is 16.8 Å². The Morgan fingerprint density at radius 1 is 1.00 bits per heavy atom. The number of nitrogens with zero attached hydrogens (tertiary/aromatic N) is 4. The fraction of sp³-hybridized carbons (Fsp3) is 0.417. The summed E-state index contributed by atoms with van der Waals surface area (Å²) in [6, 6.07) is 12.1. The predicted molar refractivity (Wildman–Crippen MR) is 124 cm³/mol. The highest BCUT2D eigenvalue weighted by molar-refractivity contribution is 6.05. The zero-order valence-electron chi connectivity index (χ0n) is 18.8. The van der Waals surface area contributed by atoms with Gasteiger partial charge in [0.05, 0.1) is 17.8 Å². The number of nitrogens with one attached hydrogen (secondary N) is 1. The zero-order valence-corrected chi connectivity index (χ0v) is 18.8. The SMILES string of the molecule is CC(C)(C)c1ccc(=O)n(CCN2CCN(C(=O)c3cc(=O)[nH]c4ccccc34)CC2)n1. The van der Waals surface area contributed by atoms with Crippen molar-refractivity contribution in [2.75, 3.05) is 32.7 Å². The van der Waals surface area contributed by atoms with Gasteiger partial charge in [-0.25, -0.2) is 4.68 Å². The third-order valence-electron chi connectivity index (χ3n) is 5.90. The molecule has 3 aromatic rings. The van der Waals surface area contributed by atoms with Gasteiger partial charge in [-0.2, -0.15) is 5.10 Å². The Labute approximate surface area is 186 Å². The van der Waals surface area contributed by atoms with Crippen molar-refractivity contribution in [3.05, 3.63) is 74.4 Å². The van der Waals surface area contributed by atoms with E-state index in [1.165, 1.54) is 10.7 Å². The van der Waals surface area contributed by atoms with Crippen LogP contribution in [0.3, 0.4) is 0 Å². The van der Waals surface area contributed by atoms with Crippen LogP contribution in [0.1, 0.15) is 36.8 Å². The van der Waals surface area contributed by atoms with Gasteiger partial charge in [-0.05, 0) is 12.1 Å². The molecule has 0 bridgehead atoms. The molecule has 8 heteroatoms. The van der Waals surface area contributed by atoms with Crippen molar-refractivity contribution in [3.63, 3.8) is 0 Å². The second-order valence-electron chi connectivity index (χ2n) is 9.26. The molecular weight excluding hydrogens is 406 g/mol. The summed E-state index contributed by atoms with van der Waals surface area (Å²) in [6.45, 7) is 9.99. The second-order valence-corrected chi connectivity index (χ2v) is 9.26. The number of pyridine rings is 1. The third kappa shape index (κ3) is 4.65. The first-order chi connectivity index (χ1) is 15.2. The van der Waals surface area contributed by atoms with Gasteiger partial charge in [-0.3, -0.25) is 19.3 Å². The number of rotatable bonds is 4. The van der Waals surface area contributed by atoms with Gasteiger partial charge in [0.25, 0.3) is 11.5 Å². The van der Waals surface area contributed by atoms with Gasteiger partial charge < -0.3 is 9.88 Å². The van der Waals surface area contributed by atoms with E-state index in [-0.39, 0.29) is 22.4 Å². The molecule has 1 amide bonds. The van der Waals surface area contributed by atoms with Crippen molar-refractivity contribution in [1.82, 2.24) is 24.6 Å². The quantitative estimate of drug-likeness (QED) is 0.675. The van der Waals surface area contributed by atoms with E-state index in [0.717, 1.165) is 11.1 Å².